The lowest BCUT2D eigenvalue weighted by Gasteiger charge is -2.29. The zero-order chi connectivity index (χ0) is 20.2. The van der Waals surface area contributed by atoms with Crippen molar-refractivity contribution in [3.63, 3.8) is 0 Å². The van der Waals surface area contributed by atoms with Crippen LogP contribution in [0.1, 0.15) is 20.8 Å². The molecule has 0 aliphatic carbocycles. The van der Waals surface area contributed by atoms with Crippen LogP contribution in [0.3, 0.4) is 0 Å². The van der Waals surface area contributed by atoms with Gasteiger partial charge in [-0.25, -0.2) is 0 Å². The summed E-state index contributed by atoms with van der Waals surface area (Å²) in [6.45, 7) is 1.10. The van der Waals surface area contributed by atoms with Crippen molar-refractivity contribution in [1.29, 1.82) is 0 Å². The summed E-state index contributed by atoms with van der Waals surface area (Å²) in [4.78, 5) is 20.3. The molecule has 1 aromatic heterocycles. The Labute approximate surface area is 174 Å². The van der Waals surface area contributed by atoms with E-state index in [4.69, 9.17) is 9.73 Å². The number of aliphatic imine (C=N–C) groups is 1. The van der Waals surface area contributed by atoms with E-state index in [1.165, 1.54) is 11.3 Å². The van der Waals surface area contributed by atoms with Gasteiger partial charge in [0.2, 0.25) is 0 Å². The molecule has 1 aliphatic rings. The number of likely N-dealkylation sites (N-methyl/N-ethyl adjacent to an activating group) is 1. The summed E-state index contributed by atoms with van der Waals surface area (Å²) in [5.74, 6) is 0.752. The molecule has 0 saturated heterocycles. The third-order valence-electron chi connectivity index (χ3n) is 5.14. The van der Waals surface area contributed by atoms with Crippen molar-refractivity contribution >= 4 is 28.6 Å². The number of ether oxygens (including phenoxy) is 1. The van der Waals surface area contributed by atoms with E-state index in [1.807, 2.05) is 54.9 Å². The quantitative estimate of drug-likeness (QED) is 0.702. The summed E-state index contributed by atoms with van der Waals surface area (Å²) < 4.78 is 5.46. The molecule has 0 saturated carbocycles. The molecule has 29 heavy (non-hydrogen) atoms. The number of thiophene rings is 1. The van der Waals surface area contributed by atoms with E-state index in [9.17, 15) is 4.79 Å². The van der Waals surface area contributed by atoms with Crippen LogP contribution in [0.25, 0.3) is 0 Å². The minimum atomic E-state index is -0.0456. The van der Waals surface area contributed by atoms with Gasteiger partial charge in [-0.2, -0.15) is 0 Å². The third-order valence-corrected chi connectivity index (χ3v) is 6.01. The molecule has 5 nitrogen and oxygen atoms in total. The summed E-state index contributed by atoms with van der Waals surface area (Å²) in [5.41, 5.74) is 4.14. The topological polar surface area (TPSA) is 53.9 Å². The first kappa shape index (κ1) is 19.2. The molecule has 0 spiro atoms. The Morgan fingerprint density at radius 2 is 2.03 bits per heavy atom. The van der Waals surface area contributed by atoms with Crippen LogP contribution < -0.4 is 15.0 Å². The highest BCUT2D eigenvalue weighted by atomic mass is 32.1. The summed E-state index contributed by atoms with van der Waals surface area (Å²) in [6, 6.07) is 20.0. The van der Waals surface area contributed by atoms with Crippen LogP contribution in [0.4, 0.5) is 5.69 Å². The molecule has 0 radical (unpaired) electrons. The predicted molar refractivity (Wildman–Crippen MR) is 119 cm³/mol. The van der Waals surface area contributed by atoms with Crippen molar-refractivity contribution in [3.8, 4) is 5.75 Å². The summed E-state index contributed by atoms with van der Waals surface area (Å²) in [6.07, 6.45) is 0. The zero-order valence-corrected chi connectivity index (χ0v) is 17.3. The number of methoxy groups -OCH3 is 1. The summed E-state index contributed by atoms with van der Waals surface area (Å²) in [7, 11) is 3.72. The average Bonchev–Trinajstić information content (AvgIpc) is 3.27. The van der Waals surface area contributed by atoms with Crippen molar-refractivity contribution in [2.45, 2.75) is 6.04 Å². The number of fused-ring (bicyclic) bond motifs is 1. The molecule has 1 aliphatic heterocycles. The minimum Gasteiger partial charge on any atom is -0.497 e. The fourth-order valence-corrected chi connectivity index (χ4v) is 4.12. The molecule has 1 amide bonds. The molecule has 2 heterocycles. The number of nitrogens with zero attached hydrogens (tertiary/aromatic N) is 2. The number of rotatable bonds is 5. The van der Waals surface area contributed by atoms with Gasteiger partial charge >= 0.3 is 0 Å². The largest absolute Gasteiger partial charge is 0.497 e. The number of benzodiazepines with no additional fused rings is 1. The smallest absolute Gasteiger partial charge is 0.261 e. The molecular weight excluding hydrogens is 382 g/mol. The molecule has 1 N–H and O–H groups in total. The van der Waals surface area contributed by atoms with Crippen LogP contribution in [-0.4, -0.2) is 44.9 Å². The van der Waals surface area contributed by atoms with E-state index in [0.29, 0.717) is 13.1 Å². The first-order valence-electron chi connectivity index (χ1n) is 9.50. The number of hydrogen-bond donors (Lipinski definition) is 1. The van der Waals surface area contributed by atoms with Crippen LogP contribution >= 0.6 is 11.3 Å². The molecule has 0 fully saturated rings. The van der Waals surface area contributed by atoms with Crippen LogP contribution in [0, 0.1) is 0 Å². The highest BCUT2D eigenvalue weighted by molar-refractivity contribution is 7.12. The lowest BCUT2D eigenvalue weighted by atomic mass is 10.00. The third kappa shape index (κ3) is 4.03. The van der Waals surface area contributed by atoms with Crippen LogP contribution in [0.2, 0.25) is 0 Å². The second-order valence-electron chi connectivity index (χ2n) is 6.89. The van der Waals surface area contributed by atoms with Gasteiger partial charge in [-0.1, -0.05) is 36.4 Å². The molecule has 1 atom stereocenters. The average molecular weight is 406 g/mol. The maximum atomic E-state index is 12.4. The van der Waals surface area contributed by atoms with Crippen molar-refractivity contribution in [3.05, 3.63) is 82.0 Å². The maximum Gasteiger partial charge on any atom is 0.261 e. The Morgan fingerprint density at radius 3 is 2.76 bits per heavy atom. The predicted octanol–water partition coefficient (Wildman–Crippen LogP) is 3.84. The lowest BCUT2D eigenvalue weighted by Crippen LogP contribution is -2.43. The SMILES string of the molecule is COc1ccc2c(c1)N(C)C(CNC(=O)c1cccs1)CN=C2c1ccccc1. The molecular formula is C23H23N3O2S. The Bertz CT molecular complexity index is 1020. The number of hydrogen-bond acceptors (Lipinski definition) is 5. The molecule has 2 aromatic carbocycles. The van der Waals surface area contributed by atoms with E-state index < -0.39 is 0 Å². The van der Waals surface area contributed by atoms with Gasteiger partial charge in [0.1, 0.15) is 5.75 Å². The van der Waals surface area contributed by atoms with Gasteiger partial charge in [0, 0.05) is 36.5 Å². The van der Waals surface area contributed by atoms with E-state index >= 15 is 0 Å². The van der Waals surface area contributed by atoms with Gasteiger partial charge in [-0.15, -0.1) is 11.3 Å². The van der Waals surface area contributed by atoms with Crippen LogP contribution in [0.5, 0.6) is 5.75 Å². The number of carbonyl (C=O) groups excluding carboxylic acids is 1. The van der Waals surface area contributed by atoms with Gasteiger partial charge in [0.05, 0.1) is 30.3 Å². The maximum absolute atomic E-state index is 12.4. The van der Waals surface area contributed by atoms with Crippen molar-refractivity contribution in [1.82, 2.24) is 5.32 Å². The lowest BCUT2D eigenvalue weighted by molar-refractivity contribution is 0.0955. The van der Waals surface area contributed by atoms with Gasteiger partial charge in [-0.05, 0) is 23.6 Å². The zero-order valence-electron chi connectivity index (χ0n) is 16.5. The number of carbonyl (C=O) groups is 1. The second kappa shape index (κ2) is 8.49. The van der Waals surface area contributed by atoms with E-state index in [2.05, 4.69) is 28.4 Å². The molecule has 0 bridgehead atoms. The molecule has 1 unspecified atom stereocenters. The summed E-state index contributed by atoms with van der Waals surface area (Å²) in [5, 5.41) is 4.96. The van der Waals surface area contributed by atoms with Crippen LogP contribution in [-0.2, 0) is 0 Å². The first-order valence-corrected chi connectivity index (χ1v) is 10.4. The highest BCUT2D eigenvalue weighted by Crippen LogP contribution is 2.31. The van der Waals surface area contributed by atoms with Gasteiger partial charge < -0.3 is 15.0 Å². The second-order valence-corrected chi connectivity index (χ2v) is 7.84. The van der Waals surface area contributed by atoms with Gasteiger partial charge in [-0.3, -0.25) is 9.79 Å². The normalized spacial score (nSPS) is 15.9. The summed E-state index contributed by atoms with van der Waals surface area (Å²) >= 11 is 1.44. The Hall–Kier alpha value is -3.12. The Balaban J connectivity index is 1.65. The first-order chi connectivity index (χ1) is 14.2. The van der Waals surface area contributed by atoms with E-state index in [-0.39, 0.29) is 11.9 Å². The Morgan fingerprint density at radius 1 is 1.21 bits per heavy atom. The molecule has 6 heteroatoms. The minimum absolute atomic E-state index is 0.0333. The van der Waals surface area contributed by atoms with Crippen molar-refractivity contribution in [2.75, 3.05) is 32.1 Å². The van der Waals surface area contributed by atoms with Crippen LogP contribution in [0.15, 0.2) is 71.0 Å². The fourth-order valence-electron chi connectivity index (χ4n) is 3.48. The van der Waals surface area contributed by atoms with Gasteiger partial charge in [0.15, 0.2) is 0 Å². The standard InChI is InChI=1S/C23H23N3O2S/c1-26-17(15-25-23(27)21-9-6-12-29-21)14-24-22(16-7-4-3-5-8-16)19-11-10-18(28-2)13-20(19)26/h3-13,17H,14-15H2,1-2H3,(H,25,27). The molecule has 148 valence electrons. The van der Waals surface area contributed by atoms with Gasteiger partial charge in [0.25, 0.3) is 5.91 Å². The molecule has 4 rings (SSSR count). The van der Waals surface area contributed by atoms with E-state index in [1.54, 1.807) is 7.11 Å². The monoisotopic (exact) mass is 405 g/mol. The number of amides is 1. The molecule has 3 aromatic rings. The number of benzene rings is 2. The van der Waals surface area contributed by atoms with E-state index in [0.717, 1.165) is 33.2 Å². The Kier molecular flexibility index (Phi) is 5.62. The fraction of sp³-hybridized carbons (Fsp3) is 0.217. The highest BCUT2D eigenvalue weighted by Gasteiger charge is 2.25. The van der Waals surface area contributed by atoms with Crippen molar-refractivity contribution in [2.24, 2.45) is 4.99 Å². The number of nitrogens with one attached hydrogen (secondary N) is 1. The number of anilines is 1. The van der Waals surface area contributed by atoms with Crippen molar-refractivity contribution < 1.29 is 9.53 Å².